The SMILES string of the molecule is CC(=O)CNC(=O)CNC(=O)CNC(=O)CNC(=O)CN.[HH].[HH].[HH].[HH].[HH]. The lowest BCUT2D eigenvalue weighted by atomic mass is 10.4. The van der Waals surface area contributed by atoms with E-state index in [-0.39, 0.29) is 45.6 Å². The second kappa shape index (κ2) is 10.3. The number of amides is 4. The summed E-state index contributed by atoms with van der Waals surface area (Å²) in [6, 6.07) is 0. The summed E-state index contributed by atoms with van der Waals surface area (Å²) in [6.45, 7) is 0.0544. The van der Waals surface area contributed by atoms with Gasteiger partial charge in [-0.1, -0.05) is 0 Å². The van der Waals surface area contributed by atoms with Crippen LogP contribution in [0.1, 0.15) is 14.1 Å². The maximum atomic E-state index is 11.3. The van der Waals surface area contributed by atoms with Gasteiger partial charge in [-0.15, -0.1) is 0 Å². The molecule has 0 aliphatic heterocycles. The number of hydrogen-bond donors (Lipinski definition) is 5. The Bertz CT molecular complexity index is 442. The number of Topliss-reactive ketones (excluding diaryl/α,β-unsaturated/α-hetero) is 1. The fraction of sp³-hybridized carbons (Fsp3) is 0.545. The first-order chi connectivity index (χ1) is 9.85. The van der Waals surface area contributed by atoms with Gasteiger partial charge in [0.15, 0.2) is 0 Å². The zero-order valence-electron chi connectivity index (χ0n) is 11.7. The Morgan fingerprint density at radius 3 is 1.38 bits per heavy atom. The number of hydrogen-bond acceptors (Lipinski definition) is 6. The predicted octanol–water partition coefficient (Wildman–Crippen LogP) is -2.77. The van der Waals surface area contributed by atoms with Crippen molar-refractivity contribution in [2.45, 2.75) is 6.92 Å². The van der Waals surface area contributed by atoms with E-state index < -0.39 is 23.6 Å². The van der Waals surface area contributed by atoms with Gasteiger partial charge in [0.1, 0.15) is 5.78 Å². The number of carbonyl (C=O) groups is 5. The molecular weight excluding hydrogens is 282 g/mol. The Labute approximate surface area is 128 Å². The molecule has 0 aromatic rings. The van der Waals surface area contributed by atoms with E-state index in [1.165, 1.54) is 6.92 Å². The molecule has 0 rings (SSSR count). The lowest BCUT2D eigenvalue weighted by Gasteiger charge is -2.07. The molecule has 0 unspecified atom stereocenters. The summed E-state index contributed by atoms with van der Waals surface area (Å²) in [5.41, 5.74) is 5.02. The lowest BCUT2D eigenvalue weighted by Crippen LogP contribution is -2.45. The van der Waals surface area contributed by atoms with Crippen molar-refractivity contribution in [3.8, 4) is 0 Å². The summed E-state index contributed by atoms with van der Waals surface area (Å²) in [7, 11) is 0. The summed E-state index contributed by atoms with van der Waals surface area (Å²) in [6.07, 6.45) is 0. The van der Waals surface area contributed by atoms with Gasteiger partial charge in [0, 0.05) is 7.13 Å². The molecule has 128 valence electrons. The molecule has 4 amide bonds. The van der Waals surface area contributed by atoms with Crippen molar-refractivity contribution >= 4 is 29.4 Å². The van der Waals surface area contributed by atoms with Crippen LogP contribution in [0.4, 0.5) is 0 Å². The number of ketones is 1. The van der Waals surface area contributed by atoms with Gasteiger partial charge in [0.2, 0.25) is 23.6 Å². The molecule has 0 atom stereocenters. The zero-order valence-corrected chi connectivity index (χ0v) is 11.7. The zero-order chi connectivity index (χ0) is 16.3. The fourth-order valence-corrected chi connectivity index (χ4v) is 1.02. The van der Waals surface area contributed by atoms with Crippen LogP contribution >= 0.6 is 0 Å². The van der Waals surface area contributed by atoms with Gasteiger partial charge in [-0.25, -0.2) is 0 Å². The number of nitrogens with one attached hydrogen (secondary N) is 4. The molecule has 0 radical (unpaired) electrons. The summed E-state index contributed by atoms with van der Waals surface area (Å²) in [5, 5.41) is 9.02. The topological polar surface area (TPSA) is 159 Å². The molecule has 21 heavy (non-hydrogen) atoms. The number of nitrogens with two attached hydrogens (primary N) is 1. The van der Waals surface area contributed by atoms with Crippen molar-refractivity contribution in [3.05, 3.63) is 0 Å². The van der Waals surface area contributed by atoms with Gasteiger partial charge < -0.3 is 27.0 Å². The third-order valence-electron chi connectivity index (χ3n) is 2.06. The van der Waals surface area contributed by atoms with Crippen LogP contribution in [-0.2, 0) is 24.0 Å². The highest BCUT2D eigenvalue weighted by Gasteiger charge is 2.08. The lowest BCUT2D eigenvalue weighted by molar-refractivity contribution is -0.128. The summed E-state index contributed by atoms with van der Waals surface area (Å²) in [4.78, 5) is 55.1. The summed E-state index contributed by atoms with van der Waals surface area (Å²) < 4.78 is 0. The molecule has 0 aromatic heterocycles. The maximum absolute atomic E-state index is 11.3. The summed E-state index contributed by atoms with van der Waals surface area (Å²) >= 11 is 0. The molecule has 0 saturated heterocycles. The van der Waals surface area contributed by atoms with Crippen LogP contribution < -0.4 is 27.0 Å². The molecule has 10 heteroatoms. The Hall–Kier alpha value is -2.49. The van der Waals surface area contributed by atoms with Crippen LogP contribution in [0, 0.1) is 0 Å². The van der Waals surface area contributed by atoms with Gasteiger partial charge >= 0.3 is 0 Å². The first-order valence-corrected chi connectivity index (χ1v) is 6.11. The average molecular weight is 311 g/mol. The predicted molar refractivity (Wildman–Crippen MR) is 82.3 cm³/mol. The van der Waals surface area contributed by atoms with Crippen LogP contribution in [0.3, 0.4) is 0 Å². The molecule has 6 N–H and O–H groups in total. The van der Waals surface area contributed by atoms with Crippen molar-refractivity contribution in [1.29, 1.82) is 0 Å². The third-order valence-corrected chi connectivity index (χ3v) is 2.06. The van der Waals surface area contributed by atoms with E-state index in [9.17, 15) is 24.0 Å². The highest BCUT2D eigenvalue weighted by atomic mass is 16.2. The molecule has 0 aromatic carbocycles. The van der Waals surface area contributed by atoms with E-state index in [1.54, 1.807) is 0 Å². The van der Waals surface area contributed by atoms with Crippen molar-refractivity contribution < 1.29 is 31.1 Å². The third kappa shape index (κ3) is 11.1. The molecule has 0 aliphatic carbocycles. The standard InChI is InChI=1S/C11H19N5O5.5H2/c1-7(17)3-13-9(19)5-15-11(21)6-16-10(20)4-14-8(18)2-12;;;;;/h2-6,12H2,1H3,(H,13,19)(H,14,18)(H,15,21)(H,16,20);5*1H. The first kappa shape index (κ1) is 18.5. The average Bonchev–Trinajstić information content (AvgIpc) is 2.45. The second-order valence-corrected chi connectivity index (χ2v) is 4.01. The molecule has 0 spiro atoms. The molecular formula is C11H29N5O5. The molecule has 0 bridgehead atoms. The Balaban J connectivity index is -0.000000200. The normalized spacial score (nSPS) is 9.43. The van der Waals surface area contributed by atoms with E-state index in [2.05, 4.69) is 21.3 Å². The van der Waals surface area contributed by atoms with E-state index >= 15 is 0 Å². The molecule has 10 nitrogen and oxygen atoms in total. The van der Waals surface area contributed by atoms with Gasteiger partial charge in [0.25, 0.3) is 0 Å². The van der Waals surface area contributed by atoms with Gasteiger partial charge in [-0.3, -0.25) is 24.0 Å². The Kier molecular flexibility index (Phi) is 9.09. The number of carbonyl (C=O) groups excluding carboxylic acids is 5. The minimum absolute atomic E-state index is 0. The molecule has 0 heterocycles. The number of rotatable bonds is 9. The second-order valence-electron chi connectivity index (χ2n) is 4.01. The summed E-state index contributed by atoms with van der Waals surface area (Å²) in [5.74, 6) is -2.35. The maximum Gasteiger partial charge on any atom is 0.239 e. The molecule has 0 saturated carbocycles. The minimum atomic E-state index is -0.577. The van der Waals surface area contributed by atoms with Gasteiger partial charge in [0.05, 0.1) is 32.7 Å². The van der Waals surface area contributed by atoms with Crippen LogP contribution in [0.2, 0.25) is 0 Å². The largest absolute Gasteiger partial charge is 0.348 e. The van der Waals surface area contributed by atoms with Gasteiger partial charge in [-0.2, -0.15) is 0 Å². The molecule has 0 aliphatic rings. The van der Waals surface area contributed by atoms with E-state index in [0.717, 1.165) is 0 Å². The van der Waals surface area contributed by atoms with Crippen molar-refractivity contribution in [3.63, 3.8) is 0 Å². The fourth-order valence-electron chi connectivity index (χ4n) is 1.02. The van der Waals surface area contributed by atoms with Crippen molar-refractivity contribution in [2.24, 2.45) is 5.73 Å². The first-order valence-electron chi connectivity index (χ1n) is 6.11. The monoisotopic (exact) mass is 311 g/mol. The van der Waals surface area contributed by atoms with Crippen LogP contribution in [0.25, 0.3) is 0 Å². The quantitative estimate of drug-likeness (QED) is 0.310. The van der Waals surface area contributed by atoms with Crippen LogP contribution in [0.5, 0.6) is 0 Å². The minimum Gasteiger partial charge on any atom is -0.348 e. The van der Waals surface area contributed by atoms with Crippen molar-refractivity contribution in [1.82, 2.24) is 21.3 Å². The molecule has 0 fully saturated rings. The Morgan fingerprint density at radius 1 is 0.714 bits per heavy atom. The smallest absolute Gasteiger partial charge is 0.239 e. The highest BCUT2D eigenvalue weighted by molar-refractivity contribution is 5.91. The van der Waals surface area contributed by atoms with Crippen molar-refractivity contribution in [2.75, 3.05) is 32.7 Å². The van der Waals surface area contributed by atoms with Crippen LogP contribution in [0.15, 0.2) is 0 Å². The van der Waals surface area contributed by atoms with Crippen LogP contribution in [-0.4, -0.2) is 62.1 Å². The highest BCUT2D eigenvalue weighted by Crippen LogP contribution is 1.71. The van der Waals surface area contributed by atoms with E-state index in [0.29, 0.717) is 0 Å². The van der Waals surface area contributed by atoms with E-state index in [1.807, 2.05) is 0 Å². The van der Waals surface area contributed by atoms with Gasteiger partial charge in [-0.05, 0) is 6.92 Å². The Morgan fingerprint density at radius 2 is 1.05 bits per heavy atom. The van der Waals surface area contributed by atoms with E-state index in [4.69, 9.17) is 5.73 Å².